The number of anilines is 3. The molecular weight excluding hydrogens is 256 g/mol. The van der Waals surface area contributed by atoms with Crippen molar-refractivity contribution in [2.75, 3.05) is 35.6 Å². The molecule has 1 aromatic heterocycles. The zero-order valence-electron chi connectivity index (χ0n) is 12.0. The lowest BCUT2D eigenvalue weighted by Gasteiger charge is -2.18. The fourth-order valence-corrected chi connectivity index (χ4v) is 2.33. The summed E-state index contributed by atoms with van der Waals surface area (Å²) in [4.78, 5) is 21.7. The maximum atomic E-state index is 11.1. The third-order valence-corrected chi connectivity index (χ3v) is 3.21. The van der Waals surface area contributed by atoms with Crippen LogP contribution in [0.15, 0.2) is 6.07 Å². The Morgan fingerprint density at radius 1 is 1.55 bits per heavy atom. The largest absolute Gasteiger partial charge is 0.370 e. The average Bonchev–Trinajstić information content (AvgIpc) is 2.83. The molecule has 7 nitrogen and oxygen atoms in total. The molecule has 0 saturated carbocycles. The summed E-state index contributed by atoms with van der Waals surface area (Å²) in [7, 11) is 0. The second-order valence-corrected chi connectivity index (χ2v) is 5.03. The van der Waals surface area contributed by atoms with Gasteiger partial charge in [0.05, 0.1) is 0 Å². The molecule has 0 aliphatic carbocycles. The topological polar surface area (TPSA) is 96.2 Å². The SMILES string of the molecule is CCCNc1cc(N2CCC(NC(C)=O)C2)nc(N)n1. The molecule has 1 aromatic rings. The second kappa shape index (κ2) is 6.40. The highest BCUT2D eigenvalue weighted by Crippen LogP contribution is 2.21. The molecule has 0 radical (unpaired) electrons. The van der Waals surface area contributed by atoms with E-state index in [2.05, 4.69) is 32.4 Å². The van der Waals surface area contributed by atoms with Crippen LogP contribution in [0.25, 0.3) is 0 Å². The van der Waals surface area contributed by atoms with Crippen LogP contribution >= 0.6 is 0 Å². The minimum Gasteiger partial charge on any atom is -0.370 e. The van der Waals surface area contributed by atoms with Gasteiger partial charge in [-0.2, -0.15) is 9.97 Å². The van der Waals surface area contributed by atoms with Crippen molar-refractivity contribution in [3.8, 4) is 0 Å². The van der Waals surface area contributed by atoms with Gasteiger partial charge in [-0.05, 0) is 12.8 Å². The average molecular weight is 278 g/mol. The Bertz CT molecular complexity index is 478. The van der Waals surface area contributed by atoms with Gasteiger partial charge in [-0.3, -0.25) is 4.79 Å². The van der Waals surface area contributed by atoms with Crippen molar-refractivity contribution in [1.82, 2.24) is 15.3 Å². The van der Waals surface area contributed by atoms with E-state index in [4.69, 9.17) is 5.73 Å². The number of amides is 1. The molecule has 1 amide bonds. The van der Waals surface area contributed by atoms with Gasteiger partial charge in [0.2, 0.25) is 11.9 Å². The van der Waals surface area contributed by atoms with Crippen molar-refractivity contribution in [2.45, 2.75) is 32.7 Å². The number of aromatic nitrogens is 2. The van der Waals surface area contributed by atoms with Crippen molar-refractivity contribution < 1.29 is 4.79 Å². The van der Waals surface area contributed by atoms with E-state index in [1.807, 2.05) is 6.07 Å². The molecule has 110 valence electrons. The maximum absolute atomic E-state index is 11.1. The Morgan fingerprint density at radius 2 is 2.35 bits per heavy atom. The number of nitrogens with one attached hydrogen (secondary N) is 2. The van der Waals surface area contributed by atoms with Gasteiger partial charge in [-0.25, -0.2) is 0 Å². The number of nitrogens with zero attached hydrogens (tertiary/aromatic N) is 3. The van der Waals surface area contributed by atoms with E-state index in [1.165, 1.54) is 6.92 Å². The molecule has 1 aliphatic rings. The minimum atomic E-state index is 0.00403. The standard InChI is InChI=1S/C13H22N6O/c1-3-5-15-11-7-12(18-13(14)17-11)19-6-4-10(8-19)16-9(2)20/h7,10H,3-6,8H2,1-2H3,(H,16,20)(H3,14,15,17,18). The van der Waals surface area contributed by atoms with E-state index in [0.29, 0.717) is 0 Å². The number of carbonyl (C=O) groups is 1. The fourth-order valence-electron chi connectivity index (χ4n) is 2.33. The van der Waals surface area contributed by atoms with E-state index in [-0.39, 0.29) is 17.9 Å². The van der Waals surface area contributed by atoms with Gasteiger partial charge in [-0.15, -0.1) is 0 Å². The second-order valence-electron chi connectivity index (χ2n) is 5.03. The summed E-state index contributed by atoms with van der Waals surface area (Å²) >= 11 is 0. The summed E-state index contributed by atoms with van der Waals surface area (Å²) in [6, 6.07) is 2.08. The highest BCUT2D eigenvalue weighted by molar-refractivity contribution is 5.73. The Hall–Kier alpha value is -2.05. The predicted octanol–water partition coefficient (Wildman–Crippen LogP) is 0.596. The van der Waals surface area contributed by atoms with Gasteiger partial charge >= 0.3 is 0 Å². The molecule has 1 unspecified atom stereocenters. The summed E-state index contributed by atoms with van der Waals surface area (Å²) in [6.07, 6.45) is 1.94. The van der Waals surface area contributed by atoms with Gasteiger partial charge in [0, 0.05) is 38.7 Å². The Kier molecular flexibility index (Phi) is 4.60. The zero-order valence-corrected chi connectivity index (χ0v) is 12.0. The van der Waals surface area contributed by atoms with Crippen molar-refractivity contribution in [3.63, 3.8) is 0 Å². The summed E-state index contributed by atoms with van der Waals surface area (Å²) in [6.45, 7) is 6.09. The fraction of sp³-hybridized carbons (Fsp3) is 0.615. The van der Waals surface area contributed by atoms with Crippen LogP contribution in [0.1, 0.15) is 26.7 Å². The van der Waals surface area contributed by atoms with Gasteiger partial charge < -0.3 is 21.3 Å². The number of carbonyl (C=O) groups excluding carboxylic acids is 1. The first-order valence-electron chi connectivity index (χ1n) is 6.99. The van der Waals surface area contributed by atoms with Crippen LogP contribution in [0.4, 0.5) is 17.6 Å². The highest BCUT2D eigenvalue weighted by atomic mass is 16.1. The summed E-state index contributed by atoms with van der Waals surface area (Å²) in [5.74, 6) is 1.83. The molecule has 2 heterocycles. The van der Waals surface area contributed by atoms with Crippen molar-refractivity contribution in [3.05, 3.63) is 6.07 Å². The number of hydrogen-bond donors (Lipinski definition) is 3. The molecule has 20 heavy (non-hydrogen) atoms. The molecule has 1 saturated heterocycles. The van der Waals surface area contributed by atoms with Crippen LogP contribution < -0.4 is 21.3 Å². The van der Waals surface area contributed by atoms with Crippen molar-refractivity contribution in [1.29, 1.82) is 0 Å². The van der Waals surface area contributed by atoms with E-state index < -0.39 is 0 Å². The monoisotopic (exact) mass is 278 g/mol. The molecule has 2 rings (SSSR count). The number of hydrogen-bond acceptors (Lipinski definition) is 6. The number of nitrogens with two attached hydrogens (primary N) is 1. The quantitative estimate of drug-likeness (QED) is 0.729. The lowest BCUT2D eigenvalue weighted by Crippen LogP contribution is -2.35. The zero-order chi connectivity index (χ0) is 14.5. The molecule has 0 bridgehead atoms. The third-order valence-electron chi connectivity index (χ3n) is 3.21. The maximum Gasteiger partial charge on any atom is 0.223 e. The Balaban J connectivity index is 2.05. The van der Waals surface area contributed by atoms with Crippen LogP contribution in [-0.4, -0.2) is 41.6 Å². The van der Waals surface area contributed by atoms with Gasteiger partial charge in [0.25, 0.3) is 0 Å². The Labute approximate surface area is 119 Å². The van der Waals surface area contributed by atoms with E-state index in [1.54, 1.807) is 0 Å². The van der Waals surface area contributed by atoms with Crippen LogP contribution in [0.3, 0.4) is 0 Å². The van der Waals surface area contributed by atoms with E-state index >= 15 is 0 Å². The Morgan fingerprint density at radius 3 is 3.05 bits per heavy atom. The first kappa shape index (κ1) is 14.4. The smallest absolute Gasteiger partial charge is 0.223 e. The molecular formula is C13H22N6O. The molecule has 4 N–H and O–H groups in total. The van der Waals surface area contributed by atoms with Crippen LogP contribution in [0.5, 0.6) is 0 Å². The first-order valence-corrected chi connectivity index (χ1v) is 6.99. The minimum absolute atomic E-state index is 0.00403. The predicted molar refractivity (Wildman–Crippen MR) is 79.7 cm³/mol. The van der Waals surface area contributed by atoms with Crippen LogP contribution in [0.2, 0.25) is 0 Å². The number of nitrogen functional groups attached to an aromatic ring is 1. The van der Waals surface area contributed by atoms with E-state index in [9.17, 15) is 4.79 Å². The lowest BCUT2D eigenvalue weighted by molar-refractivity contribution is -0.119. The van der Waals surface area contributed by atoms with Gasteiger partial charge in [0.1, 0.15) is 11.6 Å². The van der Waals surface area contributed by atoms with Crippen molar-refractivity contribution in [2.24, 2.45) is 0 Å². The normalized spacial score (nSPS) is 18.1. The summed E-state index contributed by atoms with van der Waals surface area (Å²) < 4.78 is 0. The number of rotatable bonds is 5. The molecule has 0 spiro atoms. The lowest BCUT2D eigenvalue weighted by atomic mass is 10.3. The van der Waals surface area contributed by atoms with Crippen molar-refractivity contribution >= 4 is 23.5 Å². The van der Waals surface area contributed by atoms with Crippen LogP contribution in [0, 0.1) is 0 Å². The molecule has 1 atom stereocenters. The summed E-state index contributed by atoms with van der Waals surface area (Å²) in [5, 5.41) is 6.15. The molecule has 1 aliphatic heterocycles. The van der Waals surface area contributed by atoms with Gasteiger partial charge in [-0.1, -0.05) is 6.92 Å². The third kappa shape index (κ3) is 3.72. The van der Waals surface area contributed by atoms with Crippen LogP contribution in [-0.2, 0) is 4.79 Å². The molecule has 7 heteroatoms. The molecule has 0 aromatic carbocycles. The van der Waals surface area contributed by atoms with Gasteiger partial charge in [0.15, 0.2) is 0 Å². The molecule has 1 fully saturated rings. The highest BCUT2D eigenvalue weighted by Gasteiger charge is 2.24. The van der Waals surface area contributed by atoms with E-state index in [0.717, 1.165) is 44.1 Å². The summed E-state index contributed by atoms with van der Waals surface area (Å²) in [5.41, 5.74) is 5.76. The first-order chi connectivity index (χ1) is 9.58.